The highest BCUT2D eigenvalue weighted by atomic mass is 32.1. The first-order valence-corrected chi connectivity index (χ1v) is 12.9. The van der Waals surface area contributed by atoms with Crippen LogP contribution in [0, 0.1) is 23.0 Å². The van der Waals surface area contributed by atoms with E-state index in [-0.39, 0.29) is 36.2 Å². The first-order valence-electron chi connectivity index (χ1n) is 12.3. The van der Waals surface area contributed by atoms with Crippen molar-refractivity contribution in [2.75, 3.05) is 18.8 Å². The summed E-state index contributed by atoms with van der Waals surface area (Å²) in [5.74, 6) is -0.812. The van der Waals surface area contributed by atoms with Gasteiger partial charge in [0.1, 0.15) is 17.5 Å². The van der Waals surface area contributed by atoms with Gasteiger partial charge in [-0.1, -0.05) is 51.1 Å². The molecule has 38 heavy (non-hydrogen) atoms. The van der Waals surface area contributed by atoms with Crippen LogP contribution < -0.4 is 5.32 Å². The number of carboxylic acid groups (broad SMARTS) is 1. The molecule has 204 valence electrons. The average Bonchev–Trinajstić information content (AvgIpc) is 3.24. The van der Waals surface area contributed by atoms with E-state index >= 15 is 0 Å². The molecule has 0 bridgehead atoms. The molecule has 1 aromatic heterocycles. The number of rotatable bonds is 10. The van der Waals surface area contributed by atoms with Crippen LogP contribution in [0.2, 0.25) is 0 Å². The summed E-state index contributed by atoms with van der Waals surface area (Å²) >= 11 is 4.38. The Balaban J connectivity index is 2.15. The van der Waals surface area contributed by atoms with Gasteiger partial charge in [0.2, 0.25) is 5.91 Å². The maximum Gasteiger partial charge on any atom is 0.404 e. The lowest BCUT2D eigenvalue weighted by Gasteiger charge is -2.41. The van der Waals surface area contributed by atoms with Crippen LogP contribution in [-0.2, 0) is 11.3 Å². The van der Waals surface area contributed by atoms with Gasteiger partial charge in [-0.25, -0.2) is 18.6 Å². The number of nitrogens with one attached hydrogen (secondary N) is 1. The smallest absolute Gasteiger partial charge is 0.404 e. The third kappa shape index (κ3) is 7.34. The minimum absolute atomic E-state index is 0.0268. The van der Waals surface area contributed by atoms with Crippen LogP contribution in [-0.4, -0.2) is 50.4 Å². The third-order valence-corrected chi connectivity index (χ3v) is 6.76. The number of carbonyl (C=O) groups is 2. The van der Waals surface area contributed by atoms with E-state index in [1.165, 1.54) is 6.92 Å². The van der Waals surface area contributed by atoms with Gasteiger partial charge in [-0.2, -0.15) is 12.6 Å². The summed E-state index contributed by atoms with van der Waals surface area (Å²) in [6.45, 7) is 8.13. The van der Waals surface area contributed by atoms with Gasteiger partial charge in [0.25, 0.3) is 0 Å². The van der Waals surface area contributed by atoms with E-state index in [0.29, 0.717) is 18.1 Å². The van der Waals surface area contributed by atoms with Gasteiger partial charge in [0.05, 0.1) is 11.7 Å². The highest BCUT2D eigenvalue weighted by Gasteiger charge is 2.38. The Morgan fingerprint density at radius 1 is 1.16 bits per heavy atom. The van der Waals surface area contributed by atoms with E-state index in [9.17, 15) is 18.4 Å². The van der Waals surface area contributed by atoms with Gasteiger partial charge in [0, 0.05) is 44.2 Å². The minimum Gasteiger partial charge on any atom is -0.465 e. The molecule has 0 fully saturated rings. The van der Waals surface area contributed by atoms with E-state index < -0.39 is 29.2 Å². The van der Waals surface area contributed by atoms with Crippen LogP contribution >= 0.6 is 12.6 Å². The number of carbonyl (C=O) groups excluding carboxylic acids is 1. The molecule has 10 heteroatoms. The molecule has 0 saturated carbocycles. The molecule has 2 unspecified atom stereocenters. The van der Waals surface area contributed by atoms with Crippen molar-refractivity contribution in [3.63, 3.8) is 0 Å². The Bertz CT molecular complexity index is 1260. The molecule has 1 heterocycles. The van der Waals surface area contributed by atoms with Crippen molar-refractivity contribution in [2.45, 2.75) is 40.3 Å². The van der Waals surface area contributed by atoms with Gasteiger partial charge in [-0.3, -0.25) is 4.79 Å². The van der Waals surface area contributed by atoms with Gasteiger partial charge >= 0.3 is 6.09 Å². The Hall–Kier alpha value is -3.40. The van der Waals surface area contributed by atoms with Crippen molar-refractivity contribution >= 4 is 24.6 Å². The standard InChI is InChI=1S/C28H34F2N4O3S/c1-18(35)34(15-20(17-38)13-31-27(36)37)25(28(2,3)4)26-32-24(22-12-21(29)10-11-23(22)30)16-33(26)14-19-8-6-5-7-9-19/h5-12,16,20,25,31,38H,13-15,17H2,1-4H3,(H,36,37). The molecule has 0 aliphatic carbocycles. The topological polar surface area (TPSA) is 87.5 Å². The third-order valence-electron chi connectivity index (χ3n) is 6.24. The number of imidazole rings is 1. The molecule has 0 saturated heterocycles. The van der Waals surface area contributed by atoms with Crippen LogP contribution in [0.1, 0.15) is 45.1 Å². The van der Waals surface area contributed by atoms with E-state index in [2.05, 4.69) is 17.9 Å². The highest BCUT2D eigenvalue weighted by molar-refractivity contribution is 7.80. The molecule has 3 rings (SSSR count). The van der Waals surface area contributed by atoms with Crippen molar-refractivity contribution in [3.05, 3.63) is 77.8 Å². The van der Waals surface area contributed by atoms with E-state index in [1.807, 2.05) is 55.7 Å². The molecule has 0 aliphatic heterocycles. The summed E-state index contributed by atoms with van der Waals surface area (Å²) in [6.07, 6.45) is 0.526. The lowest BCUT2D eigenvalue weighted by molar-refractivity contribution is -0.135. The molecular weight excluding hydrogens is 510 g/mol. The zero-order valence-electron chi connectivity index (χ0n) is 22.0. The number of hydrogen-bond acceptors (Lipinski definition) is 4. The molecule has 7 nitrogen and oxygen atoms in total. The second kappa shape index (κ2) is 12.4. The molecule has 0 spiro atoms. The first-order chi connectivity index (χ1) is 17.9. The second-order valence-electron chi connectivity index (χ2n) is 10.4. The number of hydrogen-bond donors (Lipinski definition) is 3. The maximum atomic E-state index is 14.8. The number of aromatic nitrogens is 2. The molecule has 2 atom stereocenters. The van der Waals surface area contributed by atoms with Crippen molar-refractivity contribution < 1.29 is 23.5 Å². The predicted octanol–water partition coefficient (Wildman–Crippen LogP) is 5.63. The van der Waals surface area contributed by atoms with Crippen LogP contribution in [0.3, 0.4) is 0 Å². The largest absolute Gasteiger partial charge is 0.465 e. The van der Waals surface area contributed by atoms with Crippen LogP contribution in [0.4, 0.5) is 13.6 Å². The Morgan fingerprint density at radius 2 is 1.84 bits per heavy atom. The van der Waals surface area contributed by atoms with Crippen molar-refractivity contribution in [2.24, 2.45) is 11.3 Å². The quantitative estimate of drug-likeness (QED) is 0.289. The van der Waals surface area contributed by atoms with Crippen molar-refractivity contribution in [3.8, 4) is 11.3 Å². The summed E-state index contributed by atoms with van der Waals surface area (Å²) in [6, 6.07) is 12.3. The fraction of sp³-hybridized carbons (Fsp3) is 0.393. The summed E-state index contributed by atoms with van der Waals surface area (Å²) in [4.78, 5) is 30.6. The normalized spacial score (nSPS) is 13.1. The number of nitrogens with zero attached hydrogens (tertiary/aromatic N) is 3. The summed E-state index contributed by atoms with van der Waals surface area (Å²) in [5.41, 5.74) is 0.728. The summed E-state index contributed by atoms with van der Waals surface area (Å²) in [5, 5.41) is 11.4. The molecule has 2 N–H and O–H groups in total. The number of amides is 2. The summed E-state index contributed by atoms with van der Waals surface area (Å²) < 4.78 is 30.7. The monoisotopic (exact) mass is 544 g/mol. The predicted molar refractivity (Wildman–Crippen MR) is 146 cm³/mol. The van der Waals surface area contributed by atoms with Crippen molar-refractivity contribution in [1.29, 1.82) is 0 Å². The molecule has 0 aliphatic rings. The Kier molecular flexibility index (Phi) is 9.54. The molecule has 3 aromatic rings. The SMILES string of the molecule is CC(=O)N(CC(CS)CNC(=O)O)C(c1nc(-c2cc(F)ccc2F)cn1Cc1ccccc1)C(C)(C)C. The number of thiol groups is 1. The van der Waals surface area contributed by atoms with Gasteiger partial charge in [-0.05, 0) is 34.9 Å². The summed E-state index contributed by atoms with van der Waals surface area (Å²) in [7, 11) is 0. The Morgan fingerprint density at radius 3 is 2.42 bits per heavy atom. The number of halogens is 2. The average molecular weight is 545 g/mol. The maximum absolute atomic E-state index is 14.8. The van der Waals surface area contributed by atoms with E-state index in [1.54, 1.807) is 11.1 Å². The lowest BCUT2D eigenvalue weighted by Crippen LogP contribution is -2.46. The number of benzene rings is 2. The first kappa shape index (κ1) is 29.2. The fourth-order valence-corrected chi connectivity index (χ4v) is 4.73. The van der Waals surface area contributed by atoms with Crippen LogP contribution in [0.15, 0.2) is 54.7 Å². The second-order valence-corrected chi connectivity index (χ2v) is 10.8. The van der Waals surface area contributed by atoms with Gasteiger partial charge < -0.3 is 19.9 Å². The minimum atomic E-state index is -1.15. The van der Waals surface area contributed by atoms with Crippen LogP contribution in [0.25, 0.3) is 11.3 Å². The van der Waals surface area contributed by atoms with E-state index in [4.69, 9.17) is 10.1 Å². The molecule has 2 aromatic carbocycles. The van der Waals surface area contributed by atoms with Crippen LogP contribution in [0.5, 0.6) is 0 Å². The zero-order chi connectivity index (χ0) is 28.0. The molecule has 0 radical (unpaired) electrons. The van der Waals surface area contributed by atoms with Gasteiger partial charge in [-0.15, -0.1) is 0 Å². The van der Waals surface area contributed by atoms with Crippen molar-refractivity contribution in [1.82, 2.24) is 19.8 Å². The Labute approximate surface area is 227 Å². The fourth-order valence-electron chi connectivity index (χ4n) is 4.49. The van der Waals surface area contributed by atoms with Gasteiger partial charge in [0.15, 0.2) is 0 Å². The van der Waals surface area contributed by atoms with E-state index in [0.717, 1.165) is 23.8 Å². The zero-order valence-corrected chi connectivity index (χ0v) is 22.9. The molecule has 2 amide bonds. The lowest BCUT2D eigenvalue weighted by atomic mass is 9.84. The molecular formula is C28H34F2N4O3S. The highest BCUT2D eigenvalue weighted by Crippen LogP contribution is 2.39.